The van der Waals surface area contributed by atoms with Gasteiger partial charge in [-0.15, -0.1) is 0 Å². The lowest BCUT2D eigenvalue weighted by molar-refractivity contribution is 0.0981. The maximum Gasteiger partial charge on any atom is 0.258 e. The van der Waals surface area contributed by atoms with Crippen LogP contribution in [0.4, 0.5) is 5.69 Å². The van der Waals surface area contributed by atoms with Gasteiger partial charge in [-0.2, -0.15) is 0 Å². The van der Waals surface area contributed by atoms with Gasteiger partial charge in [0.05, 0.1) is 0 Å². The Bertz CT molecular complexity index is 633. The van der Waals surface area contributed by atoms with Gasteiger partial charge in [-0.05, 0) is 44.0 Å². The number of aryl methyl sites for hydroxylation is 1. The highest BCUT2D eigenvalue weighted by atomic mass is 16.2. The Balaban J connectivity index is 2.01. The van der Waals surface area contributed by atoms with Gasteiger partial charge in [-0.3, -0.25) is 4.79 Å². The first-order valence-electron chi connectivity index (χ1n) is 6.65. The number of fused-ring (bicyclic) bond motifs is 1. The van der Waals surface area contributed by atoms with Crippen LogP contribution in [0.15, 0.2) is 48.5 Å². The molecule has 19 heavy (non-hydrogen) atoms. The maximum absolute atomic E-state index is 12.7. The molecule has 1 atom stereocenters. The fourth-order valence-electron chi connectivity index (χ4n) is 2.79. The molecule has 0 radical (unpaired) electrons. The number of benzene rings is 2. The van der Waals surface area contributed by atoms with Crippen molar-refractivity contribution in [2.75, 3.05) is 4.90 Å². The zero-order valence-electron chi connectivity index (χ0n) is 11.3. The fourth-order valence-corrected chi connectivity index (χ4v) is 2.79. The number of carbonyl (C=O) groups is 1. The van der Waals surface area contributed by atoms with Crippen LogP contribution in [-0.2, 0) is 6.42 Å². The van der Waals surface area contributed by atoms with Crippen molar-refractivity contribution in [1.82, 2.24) is 0 Å². The van der Waals surface area contributed by atoms with Crippen molar-refractivity contribution in [3.63, 3.8) is 0 Å². The molecule has 0 aliphatic carbocycles. The predicted molar refractivity (Wildman–Crippen MR) is 77.6 cm³/mol. The number of carbonyl (C=O) groups excluding carboxylic acids is 1. The van der Waals surface area contributed by atoms with Crippen molar-refractivity contribution in [2.45, 2.75) is 26.3 Å². The summed E-state index contributed by atoms with van der Waals surface area (Å²) < 4.78 is 0. The van der Waals surface area contributed by atoms with Crippen LogP contribution < -0.4 is 4.90 Å². The Labute approximate surface area is 113 Å². The Hall–Kier alpha value is -2.09. The van der Waals surface area contributed by atoms with E-state index in [4.69, 9.17) is 0 Å². The van der Waals surface area contributed by atoms with Crippen LogP contribution in [0.2, 0.25) is 0 Å². The lowest BCUT2D eigenvalue weighted by Gasteiger charge is -2.23. The highest BCUT2D eigenvalue weighted by Gasteiger charge is 2.30. The summed E-state index contributed by atoms with van der Waals surface area (Å²) in [5.41, 5.74) is 4.20. The molecule has 1 aliphatic heterocycles. The van der Waals surface area contributed by atoms with E-state index < -0.39 is 0 Å². The summed E-state index contributed by atoms with van der Waals surface area (Å²) >= 11 is 0. The molecule has 1 aliphatic rings. The van der Waals surface area contributed by atoms with Gasteiger partial charge in [0.2, 0.25) is 0 Å². The third kappa shape index (κ3) is 2.03. The molecule has 0 N–H and O–H groups in total. The van der Waals surface area contributed by atoms with Crippen molar-refractivity contribution in [2.24, 2.45) is 0 Å². The molecule has 0 fully saturated rings. The van der Waals surface area contributed by atoms with Crippen LogP contribution in [0.25, 0.3) is 0 Å². The monoisotopic (exact) mass is 251 g/mol. The quantitative estimate of drug-likeness (QED) is 0.758. The first-order chi connectivity index (χ1) is 9.16. The largest absolute Gasteiger partial charge is 0.305 e. The van der Waals surface area contributed by atoms with Crippen molar-refractivity contribution in [3.05, 3.63) is 65.2 Å². The van der Waals surface area contributed by atoms with Gasteiger partial charge in [-0.25, -0.2) is 0 Å². The minimum absolute atomic E-state index is 0.0983. The number of rotatable bonds is 1. The van der Waals surface area contributed by atoms with E-state index in [9.17, 15) is 4.79 Å². The van der Waals surface area contributed by atoms with Crippen LogP contribution >= 0.6 is 0 Å². The van der Waals surface area contributed by atoms with E-state index in [0.717, 1.165) is 23.2 Å². The topological polar surface area (TPSA) is 20.3 Å². The standard InChI is InChI=1S/C17H17NO/c1-12-6-5-8-15(10-12)17(19)18-13(2)11-14-7-3-4-9-16(14)18/h3-10,13H,11H2,1-2H3. The van der Waals surface area contributed by atoms with Crippen molar-refractivity contribution in [3.8, 4) is 0 Å². The number of anilines is 1. The second-order valence-electron chi connectivity index (χ2n) is 5.23. The minimum atomic E-state index is 0.0983. The highest BCUT2D eigenvalue weighted by molar-refractivity contribution is 6.07. The smallest absolute Gasteiger partial charge is 0.258 e. The van der Waals surface area contributed by atoms with E-state index in [2.05, 4.69) is 13.0 Å². The van der Waals surface area contributed by atoms with E-state index in [-0.39, 0.29) is 11.9 Å². The Morgan fingerprint density at radius 3 is 2.74 bits per heavy atom. The van der Waals surface area contributed by atoms with Crippen molar-refractivity contribution in [1.29, 1.82) is 0 Å². The molecule has 1 amide bonds. The Morgan fingerprint density at radius 2 is 1.95 bits per heavy atom. The van der Waals surface area contributed by atoms with Gasteiger partial charge < -0.3 is 4.90 Å². The highest BCUT2D eigenvalue weighted by Crippen LogP contribution is 2.33. The molecule has 2 heteroatoms. The van der Waals surface area contributed by atoms with Crippen LogP contribution in [-0.4, -0.2) is 11.9 Å². The summed E-state index contributed by atoms with van der Waals surface area (Å²) in [5.74, 6) is 0.0983. The van der Waals surface area contributed by atoms with E-state index in [1.165, 1.54) is 5.56 Å². The number of amides is 1. The lowest BCUT2D eigenvalue weighted by atomic mass is 10.1. The van der Waals surface area contributed by atoms with E-state index in [1.807, 2.05) is 54.3 Å². The first-order valence-corrected chi connectivity index (χ1v) is 6.65. The minimum Gasteiger partial charge on any atom is -0.305 e. The fraction of sp³-hybridized carbons (Fsp3) is 0.235. The first kappa shape index (κ1) is 12.0. The molecule has 0 saturated carbocycles. The van der Waals surface area contributed by atoms with Gasteiger partial charge in [-0.1, -0.05) is 35.9 Å². The Morgan fingerprint density at radius 1 is 1.16 bits per heavy atom. The molecule has 96 valence electrons. The van der Waals surface area contributed by atoms with Crippen LogP contribution in [0.1, 0.15) is 28.4 Å². The molecule has 0 bridgehead atoms. The molecule has 3 rings (SSSR count). The van der Waals surface area contributed by atoms with E-state index in [0.29, 0.717) is 0 Å². The number of para-hydroxylation sites is 1. The van der Waals surface area contributed by atoms with Crippen molar-refractivity contribution < 1.29 is 4.79 Å². The molecular formula is C17H17NO. The molecule has 0 spiro atoms. The SMILES string of the molecule is Cc1cccc(C(=O)N2c3ccccc3CC2C)c1. The van der Waals surface area contributed by atoms with Crippen molar-refractivity contribution >= 4 is 11.6 Å². The van der Waals surface area contributed by atoms with Gasteiger partial charge >= 0.3 is 0 Å². The summed E-state index contributed by atoms with van der Waals surface area (Å²) in [7, 11) is 0. The van der Waals surface area contributed by atoms with Crippen LogP contribution in [0.5, 0.6) is 0 Å². The van der Waals surface area contributed by atoms with Gasteiger partial charge in [0, 0.05) is 17.3 Å². The molecule has 0 saturated heterocycles. The van der Waals surface area contributed by atoms with Gasteiger partial charge in [0.15, 0.2) is 0 Å². The molecule has 2 aromatic carbocycles. The average molecular weight is 251 g/mol. The number of nitrogens with zero attached hydrogens (tertiary/aromatic N) is 1. The molecular weight excluding hydrogens is 234 g/mol. The summed E-state index contributed by atoms with van der Waals surface area (Å²) in [5, 5.41) is 0. The summed E-state index contributed by atoms with van der Waals surface area (Å²) in [6, 6.07) is 16.2. The third-order valence-corrected chi connectivity index (χ3v) is 3.69. The second kappa shape index (κ2) is 4.54. The summed E-state index contributed by atoms with van der Waals surface area (Å²) in [4.78, 5) is 14.6. The number of hydrogen-bond acceptors (Lipinski definition) is 1. The van der Waals surface area contributed by atoms with Crippen LogP contribution in [0, 0.1) is 6.92 Å². The molecule has 2 nitrogen and oxygen atoms in total. The molecule has 1 heterocycles. The lowest BCUT2D eigenvalue weighted by Crippen LogP contribution is -2.35. The molecule has 1 unspecified atom stereocenters. The normalized spacial score (nSPS) is 17.4. The predicted octanol–water partition coefficient (Wildman–Crippen LogP) is 3.59. The summed E-state index contributed by atoms with van der Waals surface area (Å²) in [6.45, 7) is 4.12. The summed E-state index contributed by atoms with van der Waals surface area (Å²) in [6.07, 6.45) is 0.938. The Kier molecular flexibility index (Phi) is 2.86. The molecule has 0 aromatic heterocycles. The van der Waals surface area contributed by atoms with E-state index in [1.54, 1.807) is 0 Å². The van der Waals surface area contributed by atoms with E-state index >= 15 is 0 Å². The average Bonchev–Trinajstić information content (AvgIpc) is 2.74. The number of hydrogen-bond donors (Lipinski definition) is 0. The zero-order valence-corrected chi connectivity index (χ0v) is 11.3. The third-order valence-electron chi connectivity index (χ3n) is 3.69. The van der Waals surface area contributed by atoms with Crippen LogP contribution in [0.3, 0.4) is 0 Å². The van der Waals surface area contributed by atoms with Gasteiger partial charge in [0.25, 0.3) is 5.91 Å². The maximum atomic E-state index is 12.7. The van der Waals surface area contributed by atoms with Gasteiger partial charge in [0.1, 0.15) is 0 Å². The second-order valence-corrected chi connectivity index (χ2v) is 5.23. The zero-order chi connectivity index (χ0) is 13.4. The molecule has 2 aromatic rings.